The molecular formula is C14H18N4O. The van der Waals surface area contributed by atoms with E-state index in [1.807, 2.05) is 24.3 Å². The van der Waals surface area contributed by atoms with Gasteiger partial charge >= 0.3 is 0 Å². The van der Waals surface area contributed by atoms with Crippen molar-refractivity contribution in [3.8, 4) is 17.1 Å². The van der Waals surface area contributed by atoms with Crippen LogP contribution < -0.4 is 10.5 Å². The van der Waals surface area contributed by atoms with Gasteiger partial charge in [0.25, 0.3) is 0 Å². The fraction of sp³-hybridized carbons (Fsp3) is 0.357. The lowest BCUT2D eigenvalue weighted by Gasteiger charge is -2.06. The third-order valence-corrected chi connectivity index (χ3v) is 2.64. The van der Waals surface area contributed by atoms with E-state index >= 15 is 0 Å². The highest BCUT2D eigenvalue weighted by Gasteiger charge is 2.04. The summed E-state index contributed by atoms with van der Waals surface area (Å²) < 4.78 is 5.61. The number of hydrogen-bond donors (Lipinski definition) is 1. The maximum atomic E-state index is 5.62. The second-order valence-corrected chi connectivity index (χ2v) is 4.29. The zero-order valence-corrected chi connectivity index (χ0v) is 11.3. The second-order valence-electron chi connectivity index (χ2n) is 4.29. The van der Waals surface area contributed by atoms with E-state index in [1.165, 1.54) is 0 Å². The van der Waals surface area contributed by atoms with Crippen molar-refractivity contribution in [2.24, 2.45) is 0 Å². The Bertz CT molecular complexity index is 519. The summed E-state index contributed by atoms with van der Waals surface area (Å²) in [5, 5.41) is 0. The Morgan fingerprint density at radius 1 is 1.11 bits per heavy atom. The quantitative estimate of drug-likeness (QED) is 0.834. The molecule has 5 heteroatoms. The molecule has 0 fully saturated rings. The summed E-state index contributed by atoms with van der Waals surface area (Å²) in [5.41, 5.74) is 6.52. The first-order valence-electron chi connectivity index (χ1n) is 6.40. The van der Waals surface area contributed by atoms with Crippen LogP contribution in [0.3, 0.4) is 0 Å². The minimum atomic E-state index is 0.241. The van der Waals surface area contributed by atoms with Crippen molar-refractivity contribution >= 4 is 5.95 Å². The van der Waals surface area contributed by atoms with Crippen LogP contribution >= 0.6 is 0 Å². The molecule has 1 aromatic carbocycles. The average molecular weight is 258 g/mol. The average Bonchev–Trinajstić information content (AvgIpc) is 2.39. The Morgan fingerprint density at radius 2 is 1.84 bits per heavy atom. The molecule has 0 aliphatic carbocycles. The highest BCUT2D eigenvalue weighted by atomic mass is 16.5. The van der Waals surface area contributed by atoms with Crippen molar-refractivity contribution in [1.82, 2.24) is 15.0 Å². The van der Waals surface area contributed by atoms with Gasteiger partial charge in [-0.15, -0.1) is 0 Å². The fourth-order valence-electron chi connectivity index (χ4n) is 1.67. The van der Waals surface area contributed by atoms with Gasteiger partial charge in [-0.2, -0.15) is 9.97 Å². The number of aromatic nitrogens is 3. The van der Waals surface area contributed by atoms with Crippen molar-refractivity contribution in [1.29, 1.82) is 0 Å². The van der Waals surface area contributed by atoms with Gasteiger partial charge in [-0.05, 0) is 37.6 Å². The van der Waals surface area contributed by atoms with E-state index in [0.29, 0.717) is 11.6 Å². The van der Waals surface area contributed by atoms with E-state index in [-0.39, 0.29) is 5.95 Å². The van der Waals surface area contributed by atoms with Gasteiger partial charge in [0.05, 0.1) is 6.61 Å². The van der Waals surface area contributed by atoms with Gasteiger partial charge in [-0.1, -0.05) is 13.3 Å². The Kier molecular flexibility index (Phi) is 4.28. The molecule has 19 heavy (non-hydrogen) atoms. The van der Waals surface area contributed by atoms with Crippen LogP contribution in [-0.4, -0.2) is 21.6 Å². The molecule has 0 saturated heterocycles. The molecular weight excluding hydrogens is 240 g/mol. The molecule has 1 heterocycles. The Balaban J connectivity index is 2.13. The van der Waals surface area contributed by atoms with E-state index < -0.39 is 0 Å². The van der Waals surface area contributed by atoms with E-state index in [0.717, 1.165) is 30.8 Å². The molecule has 0 bridgehead atoms. The summed E-state index contributed by atoms with van der Waals surface area (Å²) >= 11 is 0. The number of ether oxygens (including phenoxy) is 1. The smallest absolute Gasteiger partial charge is 0.223 e. The maximum absolute atomic E-state index is 5.62. The zero-order valence-electron chi connectivity index (χ0n) is 11.3. The molecule has 1 aromatic heterocycles. The van der Waals surface area contributed by atoms with Crippen LogP contribution in [0.5, 0.6) is 5.75 Å². The molecule has 0 radical (unpaired) electrons. The van der Waals surface area contributed by atoms with E-state index in [1.54, 1.807) is 6.92 Å². The molecule has 2 rings (SSSR count). The zero-order chi connectivity index (χ0) is 13.7. The lowest BCUT2D eigenvalue weighted by Crippen LogP contribution is -2.02. The highest BCUT2D eigenvalue weighted by molar-refractivity contribution is 5.57. The molecule has 2 aromatic rings. The largest absolute Gasteiger partial charge is 0.494 e. The van der Waals surface area contributed by atoms with Crippen molar-refractivity contribution in [3.05, 3.63) is 30.1 Å². The van der Waals surface area contributed by atoms with Crippen molar-refractivity contribution in [2.45, 2.75) is 26.7 Å². The predicted octanol–water partition coefficient (Wildman–Crippen LogP) is 2.61. The van der Waals surface area contributed by atoms with E-state index in [4.69, 9.17) is 10.5 Å². The third-order valence-electron chi connectivity index (χ3n) is 2.64. The summed E-state index contributed by atoms with van der Waals surface area (Å²) in [7, 11) is 0. The normalized spacial score (nSPS) is 10.4. The first-order chi connectivity index (χ1) is 9.19. The summed E-state index contributed by atoms with van der Waals surface area (Å²) in [6, 6.07) is 7.69. The lowest BCUT2D eigenvalue weighted by atomic mass is 10.2. The first kappa shape index (κ1) is 13.3. The van der Waals surface area contributed by atoms with Gasteiger partial charge in [-0.25, -0.2) is 4.98 Å². The SMILES string of the molecule is CCCCOc1ccc(-c2nc(C)nc(N)n2)cc1. The van der Waals surface area contributed by atoms with Gasteiger partial charge < -0.3 is 10.5 Å². The summed E-state index contributed by atoms with van der Waals surface area (Å²) in [4.78, 5) is 12.3. The van der Waals surface area contributed by atoms with Gasteiger partial charge in [0.15, 0.2) is 5.82 Å². The number of hydrogen-bond acceptors (Lipinski definition) is 5. The van der Waals surface area contributed by atoms with Crippen molar-refractivity contribution in [2.75, 3.05) is 12.3 Å². The molecule has 0 amide bonds. The molecule has 5 nitrogen and oxygen atoms in total. The molecule has 0 aliphatic heterocycles. The second kappa shape index (κ2) is 6.13. The highest BCUT2D eigenvalue weighted by Crippen LogP contribution is 2.20. The van der Waals surface area contributed by atoms with Crippen molar-refractivity contribution < 1.29 is 4.74 Å². The van der Waals surface area contributed by atoms with E-state index in [9.17, 15) is 0 Å². The number of aryl methyl sites for hydroxylation is 1. The van der Waals surface area contributed by atoms with Crippen LogP contribution in [0.1, 0.15) is 25.6 Å². The van der Waals surface area contributed by atoms with Crippen molar-refractivity contribution in [3.63, 3.8) is 0 Å². The van der Waals surface area contributed by atoms with Crippen LogP contribution in [0, 0.1) is 6.92 Å². The van der Waals surface area contributed by atoms with Gasteiger partial charge in [-0.3, -0.25) is 0 Å². The number of unbranched alkanes of at least 4 members (excludes halogenated alkanes) is 1. The van der Waals surface area contributed by atoms with Crippen LogP contribution in [0.4, 0.5) is 5.95 Å². The summed E-state index contributed by atoms with van der Waals surface area (Å²) in [5.74, 6) is 2.30. The Labute approximate surface area is 112 Å². The minimum absolute atomic E-state index is 0.241. The lowest BCUT2D eigenvalue weighted by molar-refractivity contribution is 0.309. The number of nitrogens with zero attached hydrogens (tertiary/aromatic N) is 3. The van der Waals surface area contributed by atoms with E-state index in [2.05, 4.69) is 21.9 Å². The third kappa shape index (κ3) is 3.64. The number of nitrogens with two attached hydrogens (primary N) is 1. The topological polar surface area (TPSA) is 73.9 Å². The molecule has 2 N–H and O–H groups in total. The predicted molar refractivity (Wildman–Crippen MR) is 74.8 cm³/mol. The molecule has 0 aliphatic rings. The van der Waals surface area contributed by atoms with Crippen LogP contribution in [0.2, 0.25) is 0 Å². The monoisotopic (exact) mass is 258 g/mol. The number of rotatable bonds is 5. The first-order valence-corrected chi connectivity index (χ1v) is 6.40. The van der Waals surface area contributed by atoms with Crippen LogP contribution in [0.25, 0.3) is 11.4 Å². The molecule has 0 atom stereocenters. The number of nitrogen functional groups attached to an aromatic ring is 1. The molecule has 0 spiro atoms. The molecule has 100 valence electrons. The molecule has 0 saturated carbocycles. The van der Waals surface area contributed by atoms with Crippen LogP contribution in [0.15, 0.2) is 24.3 Å². The maximum Gasteiger partial charge on any atom is 0.223 e. The Morgan fingerprint density at radius 3 is 2.47 bits per heavy atom. The number of benzene rings is 1. The van der Waals surface area contributed by atoms with Crippen LogP contribution in [-0.2, 0) is 0 Å². The van der Waals surface area contributed by atoms with Gasteiger partial charge in [0, 0.05) is 5.56 Å². The summed E-state index contributed by atoms with van der Waals surface area (Å²) in [6.45, 7) is 4.68. The minimum Gasteiger partial charge on any atom is -0.494 e. The summed E-state index contributed by atoms with van der Waals surface area (Å²) in [6.07, 6.45) is 2.19. The van der Waals surface area contributed by atoms with Gasteiger partial charge in [0.2, 0.25) is 5.95 Å². The standard InChI is InChI=1S/C14H18N4O/c1-3-4-9-19-12-7-5-11(6-8-12)13-16-10(2)17-14(15)18-13/h5-8H,3-4,9H2,1-2H3,(H2,15,16,17,18). The Hall–Kier alpha value is -2.17. The van der Waals surface area contributed by atoms with Gasteiger partial charge in [0.1, 0.15) is 11.6 Å². The fourth-order valence-corrected chi connectivity index (χ4v) is 1.67. The number of anilines is 1. The molecule has 0 unspecified atom stereocenters.